The highest BCUT2D eigenvalue weighted by molar-refractivity contribution is 6.02. The molecule has 0 atom stereocenters. The Balaban J connectivity index is 3.29. The van der Waals surface area contributed by atoms with Gasteiger partial charge in [0, 0.05) is 12.0 Å². The maximum Gasteiger partial charge on any atom is 0.339 e. The highest BCUT2D eigenvalue weighted by Crippen LogP contribution is 2.16. The van der Waals surface area contributed by atoms with Crippen LogP contribution in [0.1, 0.15) is 46.5 Å². The molecule has 0 aliphatic rings. The smallest absolute Gasteiger partial charge is 0.339 e. The fraction of sp³-hybridized carbons (Fsp3) is 0.308. The highest BCUT2D eigenvalue weighted by Gasteiger charge is 2.18. The first-order valence-electron chi connectivity index (χ1n) is 5.39. The number of rotatable bonds is 4. The van der Waals surface area contributed by atoms with Crippen LogP contribution < -0.4 is 0 Å². The normalized spacial score (nSPS) is 9.47. The molecule has 4 heteroatoms. The van der Waals surface area contributed by atoms with Gasteiger partial charge in [0.25, 0.3) is 0 Å². The van der Waals surface area contributed by atoms with Gasteiger partial charge in [-0.3, -0.25) is 4.79 Å². The molecule has 88 valence electrons. The number of Topliss-reactive ketones (excluding diaryl/α,β-unsaturated/α-hetero) is 1. The Morgan fingerprint density at radius 1 is 1.29 bits per heavy atom. The fourth-order valence-corrected chi connectivity index (χ4v) is 1.47. The lowest BCUT2D eigenvalue weighted by Gasteiger charge is -2.07. The Hall–Kier alpha value is -2.15. The summed E-state index contributed by atoms with van der Waals surface area (Å²) in [5, 5.41) is 9.05. The van der Waals surface area contributed by atoms with Crippen molar-refractivity contribution in [2.45, 2.75) is 20.3 Å². The predicted octanol–water partition coefficient (Wildman–Crippen LogP) is 2.33. The van der Waals surface area contributed by atoms with E-state index in [1.54, 1.807) is 26.0 Å². The number of ketones is 1. The number of nitrogens with zero attached hydrogens (tertiary/aromatic N) is 1. The largest absolute Gasteiger partial charge is 0.462 e. The van der Waals surface area contributed by atoms with Crippen LogP contribution in [0.15, 0.2) is 18.2 Å². The summed E-state index contributed by atoms with van der Waals surface area (Å²) < 4.78 is 4.84. The summed E-state index contributed by atoms with van der Waals surface area (Å²) in [6, 6.07) is 6.51. The molecule has 0 N–H and O–H groups in total. The quantitative estimate of drug-likeness (QED) is 0.589. The van der Waals surface area contributed by atoms with Crippen LogP contribution in [0.25, 0.3) is 0 Å². The Kier molecular flexibility index (Phi) is 4.41. The van der Waals surface area contributed by atoms with E-state index >= 15 is 0 Å². The van der Waals surface area contributed by atoms with Gasteiger partial charge in [-0.15, -0.1) is 0 Å². The van der Waals surface area contributed by atoms with Gasteiger partial charge in [-0.1, -0.05) is 19.1 Å². The van der Waals surface area contributed by atoms with E-state index in [1.807, 2.05) is 6.07 Å². The van der Waals surface area contributed by atoms with Gasteiger partial charge in [-0.25, -0.2) is 4.79 Å². The van der Waals surface area contributed by atoms with Crippen LogP contribution in [0.2, 0.25) is 0 Å². The third-order valence-corrected chi connectivity index (χ3v) is 2.29. The van der Waals surface area contributed by atoms with E-state index in [9.17, 15) is 9.59 Å². The van der Waals surface area contributed by atoms with Crippen LogP contribution in [0, 0.1) is 11.3 Å². The molecule has 1 aromatic rings. The number of ether oxygens (including phenoxy) is 1. The van der Waals surface area contributed by atoms with Crippen molar-refractivity contribution in [1.82, 2.24) is 0 Å². The second kappa shape index (κ2) is 5.80. The number of nitriles is 1. The van der Waals surface area contributed by atoms with Crippen LogP contribution >= 0.6 is 0 Å². The van der Waals surface area contributed by atoms with E-state index in [1.165, 1.54) is 6.07 Å². The minimum atomic E-state index is -0.574. The lowest BCUT2D eigenvalue weighted by atomic mass is 9.98. The minimum absolute atomic E-state index is 0.0952. The van der Waals surface area contributed by atoms with Crippen molar-refractivity contribution < 1.29 is 14.3 Å². The zero-order valence-electron chi connectivity index (χ0n) is 9.82. The molecule has 0 amide bonds. The number of hydrogen-bond donors (Lipinski definition) is 0. The van der Waals surface area contributed by atoms with Gasteiger partial charge in [0.2, 0.25) is 0 Å². The zero-order chi connectivity index (χ0) is 12.8. The van der Waals surface area contributed by atoms with E-state index in [-0.39, 0.29) is 29.1 Å². The van der Waals surface area contributed by atoms with E-state index < -0.39 is 5.97 Å². The summed E-state index contributed by atoms with van der Waals surface area (Å²) in [6.45, 7) is 3.63. The molecule has 17 heavy (non-hydrogen) atoms. The average molecular weight is 231 g/mol. The van der Waals surface area contributed by atoms with E-state index in [4.69, 9.17) is 10.00 Å². The van der Waals surface area contributed by atoms with Crippen molar-refractivity contribution in [3.05, 3.63) is 34.9 Å². The first-order chi connectivity index (χ1) is 8.15. The second-order valence-electron chi connectivity index (χ2n) is 3.34. The molecule has 0 heterocycles. The fourth-order valence-electron chi connectivity index (χ4n) is 1.47. The van der Waals surface area contributed by atoms with Crippen molar-refractivity contribution in [3.63, 3.8) is 0 Å². The topological polar surface area (TPSA) is 67.2 Å². The van der Waals surface area contributed by atoms with Gasteiger partial charge in [-0.2, -0.15) is 5.26 Å². The molecule has 0 spiro atoms. The molecule has 0 aromatic heterocycles. The van der Waals surface area contributed by atoms with Gasteiger partial charge in [0.1, 0.15) is 6.07 Å². The summed E-state index contributed by atoms with van der Waals surface area (Å²) in [7, 11) is 0. The van der Waals surface area contributed by atoms with Crippen LogP contribution in [-0.4, -0.2) is 18.4 Å². The summed E-state index contributed by atoms with van der Waals surface area (Å²) in [6.07, 6.45) is 0.293. The van der Waals surface area contributed by atoms with E-state index in [2.05, 4.69) is 0 Å². The monoisotopic (exact) mass is 231 g/mol. The SMILES string of the molecule is CCOC(=O)c1cccc(C(=O)CC)c1C#N. The van der Waals surface area contributed by atoms with Crippen molar-refractivity contribution >= 4 is 11.8 Å². The standard InChI is InChI=1S/C13H13NO3/c1-3-12(15)9-6-5-7-10(11(9)8-14)13(16)17-4-2/h5-7H,3-4H2,1-2H3. The van der Waals surface area contributed by atoms with Crippen LogP contribution in [0.5, 0.6) is 0 Å². The molecule has 1 rings (SSSR count). The Bertz CT molecular complexity index is 486. The lowest BCUT2D eigenvalue weighted by molar-refractivity contribution is 0.0526. The van der Waals surface area contributed by atoms with Crippen LogP contribution in [0.4, 0.5) is 0 Å². The summed E-state index contributed by atoms with van der Waals surface area (Å²) in [5.41, 5.74) is 0.520. The molecule has 0 aliphatic carbocycles. The maximum absolute atomic E-state index is 11.6. The van der Waals surface area contributed by atoms with Crippen LogP contribution in [-0.2, 0) is 4.74 Å². The van der Waals surface area contributed by atoms with Gasteiger partial charge in [0.05, 0.1) is 17.7 Å². The Morgan fingerprint density at radius 3 is 2.47 bits per heavy atom. The number of esters is 1. The van der Waals surface area contributed by atoms with Crippen molar-refractivity contribution in [2.24, 2.45) is 0 Å². The summed E-state index contributed by atoms with van der Waals surface area (Å²) in [5.74, 6) is -0.734. The lowest BCUT2D eigenvalue weighted by Crippen LogP contribution is -2.10. The molecule has 0 bridgehead atoms. The van der Waals surface area contributed by atoms with Crippen molar-refractivity contribution in [2.75, 3.05) is 6.61 Å². The Morgan fingerprint density at radius 2 is 1.94 bits per heavy atom. The molecule has 0 saturated heterocycles. The molecule has 0 fully saturated rings. The van der Waals surface area contributed by atoms with Gasteiger partial charge >= 0.3 is 5.97 Å². The molecule has 4 nitrogen and oxygen atoms in total. The predicted molar refractivity (Wildman–Crippen MR) is 61.7 cm³/mol. The third-order valence-electron chi connectivity index (χ3n) is 2.29. The first kappa shape index (κ1) is 12.9. The van der Waals surface area contributed by atoms with E-state index in [0.717, 1.165) is 0 Å². The maximum atomic E-state index is 11.6. The number of benzene rings is 1. The molecular formula is C13H13NO3. The molecule has 0 saturated carbocycles. The molecular weight excluding hydrogens is 218 g/mol. The molecule has 0 radical (unpaired) electrons. The summed E-state index contributed by atoms with van der Waals surface area (Å²) >= 11 is 0. The zero-order valence-corrected chi connectivity index (χ0v) is 9.82. The molecule has 0 unspecified atom stereocenters. The van der Waals surface area contributed by atoms with Gasteiger partial charge in [-0.05, 0) is 13.0 Å². The van der Waals surface area contributed by atoms with Gasteiger partial charge in [0.15, 0.2) is 5.78 Å². The second-order valence-corrected chi connectivity index (χ2v) is 3.34. The van der Waals surface area contributed by atoms with E-state index in [0.29, 0.717) is 6.42 Å². The first-order valence-corrected chi connectivity index (χ1v) is 5.39. The third kappa shape index (κ3) is 2.70. The Labute approximate surface area is 99.8 Å². The highest BCUT2D eigenvalue weighted by atomic mass is 16.5. The number of carbonyl (C=O) groups excluding carboxylic acids is 2. The summed E-state index contributed by atoms with van der Waals surface area (Å²) in [4.78, 5) is 23.2. The van der Waals surface area contributed by atoms with Crippen molar-refractivity contribution in [3.8, 4) is 6.07 Å². The minimum Gasteiger partial charge on any atom is -0.462 e. The van der Waals surface area contributed by atoms with Crippen LogP contribution in [0.3, 0.4) is 0 Å². The molecule has 0 aliphatic heterocycles. The van der Waals surface area contributed by atoms with Gasteiger partial charge < -0.3 is 4.74 Å². The average Bonchev–Trinajstić information content (AvgIpc) is 2.37. The van der Waals surface area contributed by atoms with Crippen molar-refractivity contribution in [1.29, 1.82) is 5.26 Å². The number of hydrogen-bond acceptors (Lipinski definition) is 4. The number of carbonyl (C=O) groups is 2. The molecule has 1 aromatic carbocycles.